The Bertz CT molecular complexity index is 831. The maximum atomic E-state index is 9.87. The van der Waals surface area contributed by atoms with Crippen LogP contribution in [0.2, 0.25) is 0 Å². The van der Waals surface area contributed by atoms with Gasteiger partial charge < -0.3 is 10.0 Å². The molecule has 2 fully saturated rings. The summed E-state index contributed by atoms with van der Waals surface area (Å²) in [6.45, 7) is 1.13. The van der Waals surface area contributed by atoms with E-state index in [4.69, 9.17) is 0 Å². The highest BCUT2D eigenvalue weighted by Gasteiger charge is 2.52. The number of rotatable bonds is 3. The second-order valence-electron chi connectivity index (χ2n) is 9.28. The van der Waals surface area contributed by atoms with Crippen LogP contribution in [-0.2, 0) is 6.42 Å². The van der Waals surface area contributed by atoms with Gasteiger partial charge in [0.1, 0.15) is 5.75 Å². The molecule has 3 aliphatic carbocycles. The third kappa shape index (κ3) is 2.85. The lowest BCUT2D eigenvalue weighted by Crippen LogP contribution is -2.47. The smallest absolute Gasteiger partial charge is 0.117 e. The van der Waals surface area contributed by atoms with Crippen molar-refractivity contribution in [1.82, 2.24) is 0 Å². The Kier molecular flexibility index (Phi) is 4.18. The SMILES string of the molecule is CN(C[C@@]12CCC[C@H]1[C@@H]1CCc3ccccc3[C@H]1CC2)c1cccc(O)c1. The van der Waals surface area contributed by atoms with Crippen molar-refractivity contribution in [3.63, 3.8) is 0 Å². The normalized spacial score (nSPS) is 31.7. The topological polar surface area (TPSA) is 23.5 Å². The Morgan fingerprint density at radius 3 is 2.81 bits per heavy atom. The van der Waals surface area contributed by atoms with E-state index < -0.39 is 0 Å². The third-order valence-electron chi connectivity index (χ3n) is 7.99. The minimum Gasteiger partial charge on any atom is -0.508 e. The summed E-state index contributed by atoms with van der Waals surface area (Å²) >= 11 is 0. The number of anilines is 1. The Morgan fingerprint density at radius 2 is 1.93 bits per heavy atom. The van der Waals surface area contributed by atoms with E-state index in [1.807, 2.05) is 12.1 Å². The first-order valence-electron chi connectivity index (χ1n) is 10.7. The van der Waals surface area contributed by atoms with E-state index in [0.717, 1.165) is 30.0 Å². The molecule has 142 valence electrons. The van der Waals surface area contributed by atoms with Crippen molar-refractivity contribution >= 4 is 5.69 Å². The first kappa shape index (κ1) is 17.2. The molecule has 2 nitrogen and oxygen atoms in total. The molecule has 2 saturated carbocycles. The van der Waals surface area contributed by atoms with Gasteiger partial charge in [-0.25, -0.2) is 0 Å². The van der Waals surface area contributed by atoms with E-state index in [0.29, 0.717) is 11.2 Å². The molecule has 0 heterocycles. The van der Waals surface area contributed by atoms with Gasteiger partial charge in [0.2, 0.25) is 0 Å². The minimum absolute atomic E-state index is 0.368. The molecule has 2 aromatic rings. The molecule has 4 atom stereocenters. The van der Waals surface area contributed by atoms with Gasteiger partial charge in [0.05, 0.1) is 0 Å². The van der Waals surface area contributed by atoms with E-state index in [1.54, 1.807) is 17.2 Å². The summed E-state index contributed by atoms with van der Waals surface area (Å²) in [5, 5.41) is 9.87. The fraction of sp³-hybridized carbons (Fsp3) is 0.520. The molecule has 5 rings (SSSR count). The van der Waals surface area contributed by atoms with Gasteiger partial charge in [-0.2, -0.15) is 0 Å². The molecule has 0 aromatic heterocycles. The van der Waals surface area contributed by atoms with Crippen molar-refractivity contribution < 1.29 is 5.11 Å². The summed E-state index contributed by atoms with van der Waals surface area (Å²) in [5.41, 5.74) is 4.89. The summed E-state index contributed by atoms with van der Waals surface area (Å²) in [4.78, 5) is 2.40. The van der Waals surface area contributed by atoms with Crippen LogP contribution in [0.25, 0.3) is 0 Å². The Balaban J connectivity index is 1.41. The molecule has 3 aliphatic rings. The monoisotopic (exact) mass is 361 g/mol. The van der Waals surface area contributed by atoms with Gasteiger partial charge in [-0.05, 0) is 85.0 Å². The fourth-order valence-electron chi connectivity index (χ4n) is 6.89. The number of hydrogen-bond acceptors (Lipinski definition) is 2. The molecule has 1 N–H and O–H groups in total. The molecule has 0 radical (unpaired) electrons. The second kappa shape index (κ2) is 6.58. The average molecular weight is 362 g/mol. The average Bonchev–Trinajstić information content (AvgIpc) is 3.11. The lowest BCUT2D eigenvalue weighted by Gasteiger charge is -2.52. The predicted octanol–water partition coefficient (Wildman–Crippen LogP) is 5.75. The van der Waals surface area contributed by atoms with E-state index in [1.165, 1.54) is 44.9 Å². The molecule has 0 aliphatic heterocycles. The number of aromatic hydroxyl groups is 1. The van der Waals surface area contributed by atoms with Crippen LogP contribution >= 0.6 is 0 Å². The second-order valence-corrected chi connectivity index (χ2v) is 9.28. The van der Waals surface area contributed by atoms with Gasteiger partial charge in [0, 0.05) is 25.3 Å². The standard InChI is InChI=1S/C25H31NO/c1-26(19-7-4-8-20(27)16-19)17-25-14-5-10-24(25)23-12-11-18-6-2-3-9-21(18)22(23)13-15-25/h2-4,6-9,16,22-24,27H,5,10-15,17H2,1H3/t22-,23-,24+,25+/m1/s1. The molecule has 2 aromatic carbocycles. The first-order chi connectivity index (χ1) is 13.2. The highest BCUT2D eigenvalue weighted by Crippen LogP contribution is 2.61. The van der Waals surface area contributed by atoms with Gasteiger partial charge in [-0.15, -0.1) is 0 Å². The maximum Gasteiger partial charge on any atom is 0.117 e. The predicted molar refractivity (Wildman–Crippen MR) is 111 cm³/mol. The Hall–Kier alpha value is -1.96. The van der Waals surface area contributed by atoms with Crippen molar-refractivity contribution in [2.45, 2.75) is 50.9 Å². The number of nitrogens with zero attached hydrogens (tertiary/aromatic N) is 1. The number of hydrogen-bond donors (Lipinski definition) is 1. The summed E-state index contributed by atoms with van der Waals surface area (Å²) in [6, 6.07) is 17.0. The molecule has 0 bridgehead atoms. The van der Waals surface area contributed by atoms with Crippen LogP contribution in [-0.4, -0.2) is 18.7 Å². The molecule has 0 saturated heterocycles. The zero-order valence-electron chi connectivity index (χ0n) is 16.4. The molecule has 0 amide bonds. The molecule has 0 unspecified atom stereocenters. The third-order valence-corrected chi connectivity index (χ3v) is 7.99. The highest BCUT2D eigenvalue weighted by molar-refractivity contribution is 5.50. The highest BCUT2D eigenvalue weighted by atomic mass is 16.3. The number of aryl methyl sites for hydroxylation is 1. The lowest BCUT2D eigenvalue weighted by atomic mass is 9.55. The maximum absolute atomic E-state index is 9.87. The Labute approximate surface area is 163 Å². The van der Waals surface area contributed by atoms with E-state index in [2.05, 4.69) is 42.3 Å². The van der Waals surface area contributed by atoms with Gasteiger partial charge in [0.15, 0.2) is 0 Å². The largest absolute Gasteiger partial charge is 0.508 e. The zero-order valence-corrected chi connectivity index (χ0v) is 16.4. The molecular weight excluding hydrogens is 330 g/mol. The fourth-order valence-corrected chi connectivity index (χ4v) is 6.89. The van der Waals surface area contributed by atoms with Crippen LogP contribution in [0.1, 0.15) is 55.6 Å². The van der Waals surface area contributed by atoms with Crippen LogP contribution < -0.4 is 4.90 Å². The molecule has 27 heavy (non-hydrogen) atoms. The number of phenols is 1. The summed E-state index contributed by atoms with van der Waals surface area (Å²) in [7, 11) is 2.21. The Morgan fingerprint density at radius 1 is 1.04 bits per heavy atom. The van der Waals surface area contributed by atoms with Crippen LogP contribution in [0.5, 0.6) is 5.75 Å². The van der Waals surface area contributed by atoms with E-state index in [9.17, 15) is 5.11 Å². The van der Waals surface area contributed by atoms with Crippen LogP contribution in [0.4, 0.5) is 5.69 Å². The molecule has 0 spiro atoms. The quantitative estimate of drug-likeness (QED) is 0.752. The van der Waals surface area contributed by atoms with Crippen LogP contribution in [0.15, 0.2) is 48.5 Å². The molecule has 2 heteroatoms. The minimum atomic E-state index is 0.368. The zero-order chi connectivity index (χ0) is 18.4. The van der Waals surface area contributed by atoms with Gasteiger partial charge in [-0.3, -0.25) is 0 Å². The molecular formula is C25H31NO. The summed E-state index contributed by atoms with van der Waals surface area (Å²) in [6.07, 6.45) is 9.55. The van der Waals surface area contributed by atoms with Crippen molar-refractivity contribution in [3.8, 4) is 5.75 Å². The van der Waals surface area contributed by atoms with Gasteiger partial charge in [-0.1, -0.05) is 36.8 Å². The van der Waals surface area contributed by atoms with Crippen LogP contribution in [0.3, 0.4) is 0 Å². The first-order valence-corrected chi connectivity index (χ1v) is 10.7. The summed E-state index contributed by atoms with van der Waals surface area (Å²) < 4.78 is 0. The van der Waals surface area contributed by atoms with Gasteiger partial charge >= 0.3 is 0 Å². The van der Waals surface area contributed by atoms with Gasteiger partial charge in [0.25, 0.3) is 0 Å². The van der Waals surface area contributed by atoms with E-state index >= 15 is 0 Å². The number of benzene rings is 2. The van der Waals surface area contributed by atoms with Crippen molar-refractivity contribution in [1.29, 1.82) is 0 Å². The lowest BCUT2D eigenvalue weighted by molar-refractivity contribution is 0.0505. The van der Waals surface area contributed by atoms with Crippen LogP contribution in [0, 0.1) is 17.3 Å². The van der Waals surface area contributed by atoms with Crippen molar-refractivity contribution in [2.24, 2.45) is 17.3 Å². The summed E-state index contributed by atoms with van der Waals surface area (Å²) in [5.74, 6) is 2.89. The number of fused-ring (bicyclic) bond motifs is 5. The van der Waals surface area contributed by atoms with Crippen molar-refractivity contribution in [3.05, 3.63) is 59.7 Å². The van der Waals surface area contributed by atoms with Crippen molar-refractivity contribution in [2.75, 3.05) is 18.5 Å². The number of phenolic OH excluding ortho intramolecular Hbond substituents is 1. The van der Waals surface area contributed by atoms with E-state index in [-0.39, 0.29) is 0 Å².